The van der Waals surface area contributed by atoms with E-state index in [0.717, 1.165) is 37.6 Å². The number of nitrogens with one attached hydrogen (secondary N) is 2. The minimum atomic E-state index is -0.490. The van der Waals surface area contributed by atoms with Crippen LogP contribution in [0.15, 0.2) is 48.5 Å². The Morgan fingerprint density at radius 3 is 1.24 bits per heavy atom. The quantitative estimate of drug-likeness (QED) is 0.231. The van der Waals surface area contributed by atoms with Crippen molar-refractivity contribution in [1.29, 1.82) is 0 Å². The van der Waals surface area contributed by atoms with Crippen LogP contribution < -0.4 is 20.1 Å². The summed E-state index contributed by atoms with van der Waals surface area (Å²) in [6.45, 7) is 11.3. The van der Waals surface area contributed by atoms with Gasteiger partial charge in [0.2, 0.25) is 0 Å². The van der Waals surface area contributed by atoms with Crippen molar-refractivity contribution in [3.05, 3.63) is 59.7 Å². The van der Waals surface area contributed by atoms with Gasteiger partial charge in [0, 0.05) is 39.4 Å². The number of hydrogen-bond acceptors (Lipinski definition) is 8. The number of methoxy groups -OCH3 is 2. The van der Waals surface area contributed by atoms with Gasteiger partial charge in [0.1, 0.15) is 36.9 Å². The van der Waals surface area contributed by atoms with Crippen LogP contribution in [0.3, 0.4) is 0 Å². The Bertz CT molecular complexity index is 745. The molecule has 0 saturated heterocycles. The second-order valence-electron chi connectivity index (χ2n) is 9.83. The maximum atomic E-state index is 9.73. The molecule has 0 bridgehead atoms. The molecule has 0 aliphatic heterocycles. The molecule has 4 N–H and O–H groups in total. The zero-order chi connectivity index (χ0) is 28.2. The van der Waals surface area contributed by atoms with Crippen LogP contribution in [0.1, 0.15) is 38.8 Å². The summed E-state index contributed by atoms with van der Waals surface area (Å²) >= 11 is 0. The zero-order valence-electron chi connectivity index (χ0n) is 24.1. The van der Waals surface area contributed by atoms with E-state index in [1.165, 1.54) is 11.1 Å². The van der Waals surface area contributed by atoms with Crippen LogP contribution in [0.5, 0.6) is 11.5 Å². The van der Waals surface area contributed by atoms with Gasteiger partial charge >= 0.3 is 0 Å². The first kappa shape index (κ1) is 33.8. The molecule has 2 unspecified atom stereocenters. The number of hydrogen-bond donors (Lipinski definition) is 4. The number of ether oxygens (including phenoxy) is 4. The zero-order valence-corrected chi connectivity index (χ0v) is 24.1. The first-order valence-electron chi connectivity index (χ1n) is 13.5. The van der Waals surface area contributed by atoms with Crippen molar-refractivity contribution in [2.45, 2.75) is 64.8 Å². The Labute approximate surface area is 229 Å². The highest BCUT2D eigenvalue weighted by atomic mass is 16.5. The Balaban J connectivity index is 0.000000380. The highest BCUT2D eigenvalue weighted by molar-refractivity contribution is 5.28. The highest BCUT2D eigenvalue weighted by Crippen LogP contribution is 2.14. The minimum absolute atomic E-state index is 0.303. The fourth-order valence-corrected chi connectivity index (χ4v) is 3.19. The van der Waals surface area contributed by atoms with Gasteiger partial charge in [-0.25, -0.2) is 0 Å². The molecule has 0 saturated carbocycles. The predicted octanol–water partition coefficient (Wildman–Crippen LogP) is 3.23. The molecule has 0 heterocycles. The van der Waals surface area contributed by atoms with Crippen molar-refractivity contribution < 1.29 is 29.2 Å². The van der Waals surface area contributed by atoms with Gasteiger partial charge in [-0.05, 0) is 48.2 Å². The lowest BCUT2D eigenvalue weighted by atomic mass is 10.1. The summed E-state index contributed by atoms with van der Waals surface area (Å²) in [7, 11) is 3.40. The number of benzene rings is 2. The van der Waals surface area contributed by atoms with E-state index in [1.54, 1.807) is 14.2 Å². The molecule has 38 heavy (non-hydrogen) atoms. The van der Waals surface area contributed by atoms with Crippen molar-refractivity contribution >= 4 is 0 Å². The second kappa shape index (κ2) is 20.7. The summed E-state index contributed by atoms with van der Waals surface area (Å²) in [5, 5.41) is 25.8. The van der Waals surface area contributed by atoms with E-state index >= 15 is 0 Å². The summed E-state index contributed by atoms with van der Waals surface area (Å²) in [6, 6.07) is 16.5. The van der Waals surface area contributed by atoms with Crippen molar-refractivity contribution in [3.8, 4) is 11.5 Å². The molecular weight excluding hydrogens is 484 g/mol. The summed E-state index contributed by atoms with van der Waals surface area (Å²) in [5.41, 5.74) is 2.44. The number of aliphatic hydroxyl groups is 2. The monoisotopic (exact) mass is 534 g/mol. The van der Waals surface area contributed by atoms with Gasteiger partial charge in [0.15, 0.2) is 0 Å². The SMILES string of the molecule is COCCc1ccc(OCC(O)CNC(C)C)cc1.COCCc1ccc(OCC(O)CNC(C)C)cc1. The van der Waals surface area contributed by atoms with Gasteiger partial charge in [-0.15, -0.1) is 0 Å². The van der Waals surface area contributed by atoms with E-state index in [4.69, 9.17) is 18.9 Å². The van der Waals surface area contributed by atoms with Gasteiger partial charge in [-0.3, -0.25) is 0 Å². The van der Waals surface area contributed by atoms with Gasteiger partial charge < -0.3 is 39.8 Å². The summed E-state index contributed by atoms with van der Waals surface area (Å²) in [4.78, 5) is 0. The molecule has 2 aromatic carbocycles. The molecule has 0 amide bonds. The van der Waals surface area contributed by atoms with Crippen molar-refractivity contribution in [2.24, 2.45) is 0 Å². The maximum absolute atomic E-state index is 9.73. The van der Waals surface area contributed by atoms with E-state index in [9.17, 15) is 10.2 Å². The van der Waals surface area contributed by atoms with Gasteiger partial charge in [0.25, 0.3) is 0 Å². The molecule has 2 rings (SSSR count). The Hall–Kier alpha value is -2.20. The van der Waals surface area contributed by atoms with Crippen LogP contribution in [0.2, 0.25) is 0 Å². The molecular formula is C30H50N2O6. The third-order valence-corrected chi connectivity index (χ3v) is 5.44. The second-order valence-corrected chi connectivity index (χ2v) is 9.83. The van der Waals surface area contributed by atoms with Gasteiger partial charge in [0.05, 0.1) is 13.2 Å². The normalized spacial score (nSPS) is 12.7. The molecule has 2 atom stereocenters. The molecule has 0 aliphatic carbocycles. The van der Waals surface area contributed by atoms with E-state index in [0.29, 0.717) is 38.4 Å². The first-order chi connectivity index (χ1) is 18.2. The topological polar surface area (TPSA) is 101 Å². The Morgan fingerprint density at radius 2 is 0.947 bits per heavy atom. The number of rotatable bonds is 18. The lowest BCUT2D eigenvalue weighted by Crippen LogP contribution is -2.35. The molecule has 0 fully saturated rings. The van der Waals surface area contributed by atoms with Crippen LogP contribution in [-0.2, 0) is 22.3 Å². The lowest BCUT2D eigenvalue weighted by molar-refractivity contribution is 0.104. The fourth-order valence-electron chi connectivity index (χ4n) is 3.19. The van der Waals surface area contributed by atoms with Crippen molar-refractivity contribution in [2.75, 3.05) is 53.7 Å². The molecule has 0 radical (unpaired) electrons. The molecule has 0 aliphatic rings. The van der Waals surface area contributed by atoms with Crippen molar-refractivity contribution in [3.63, 3.8) is 0 Å². The van der Waals surface area contributed by atoms with E-state index in [2.05, 4.69) is 10.6 Å². The molecule has 216 valence electrons. The highest BCUT2D eigenvalue weighted by Gasteiger charge is 2.07. The Morgan fingerprint density at radius 1 is 0.605 bits per heavy atom. The van der Waals surface area contributed by atoms with Crippen LogP contribution in [0.4, 0.5) is 0 Å². The molecule has 2 aromatic rings. The summed E-state index contributed by atoms with van der Waals surface area (Å²) < 4.78 is 21.1. The molecule has 0 aromatic heterocycles. The molecule has 8 heteroatoms. The van der Waals surface area contributed by atoms with E-state index in [1.807, 2.05) is 76.2 Å². The third-order valence-electron chi connectivity index (χ3n) is 5.44. The largest absolute Gasteiger partial charge is 0.491 e. The van der Waals surface area contributed by atoms with Crippen molar-refractivity contribution in [1.82, 2.24) is 10.6 Å². The fraction of sp³-hybridized carbons (Fsp3) is 0.600. The maximum Gasteiger partial charge on any atom is 0.119 e. The van der Waals surface area contributed by atoms with Gasteiger partial charge in [-0.1, -0.05) is 52.0 Å². The third kappa shape index (κ3) is 17.3. The van der Waals surface area contributed by atoms with Crippen LogP contribution in [-0.4, -0.2) is 88.2 Å². The average molecular weight is 535 g/mol. The van der Waals surface area contributed by atoms with E-state index < -0.39 is 12.2 Å². The van der Waals surface area contributed by atoms with Crippen LogP contribution in [0.25, 0.3) is 0 Å². The van der Waals surface area contributed by atoms with E-state index in [-0.39, 0.29) is 0 Å². The smallest absolute Gasteiger partial charge is 0.119 e. The first-order valence-corrected chi connectivity index (χ1v) is 13.5. The predicted molar refractivity (Wildman–Crippen MR) is 153 cm³/mol. The molecule has 8 nitrogen and oxygen atoms in total. The average Bonchev–Trinajstić information content (AvgIpc) is 2.91. The van der Waals surface area contributed by atoms with Crippen LogP contribution >= 0.6 is 0 Å². The lowest BCUT2D eigenvalue weighted by Gasteiger charge is -2.15. The van der Waals surface area contributed by atoms with Gasteiger partial charge in [-0.2, -0.15) is 0 Å². The summed E-state index contributed by atoms with van der Waals surface area (Å²) in [6.07, 6.45) is 0.821. The standard InChI is InChI=1S/2C15H25NO3/c2*1-12(2)16-10-14(17)11-19-15-6-4-13(5-7-15)8-9-18-3/h2*4-7,12,14,16-17H,8-11H2,1-3H3. The Kier molecular flexibility index (Phi) is 18.4. The number of aliphatic hydroxyl groups excluding tert-OH is 2. The van der Waals surface area contributed by atoms with Crippen LogP contribution in [0, 0.1) is 0 Å². The summed E-state index contributed by atoms with van der Waals surface area (Å²) in [5.74, 6) is 1.56. The molecule has 0 spiro atoms. The minimum Gasteiger partial charge on any atom is -0.491 e.